The zero-order valence-electron chi connectivity index (χ0n) is 16.2. The third kappa shape index (κ3) is 5.56. The van der Waals surface area contributed by atoms with Crippen LogP contribution in [-0.4, -0.2) is 80.4 Å². The zero-order chi connectivity index (χ0) is 20.8. The minimum Gasteiger partial charge on any atom is -0.480 e. The molecule has 158 valence electrons. The van der Waals surface area contributed by atoms with E-state index in [1.54, 1.807) is 13.8 Å². The minimum absolute atomic E-state index is 0.136. The lowest BCUT2D eigenvalue weighted by atomic mass is 10.1. The SMILES string of the molecule is C[C@H](CSSC[C@@H](C)C(=O)N1CCC[C@H]1C(=O)O)C(=O)N1CCC[C@H]1C(=O)O. The van der Waals surface area contributed by atoms with Crippen molar-refractivity contribution in [2.75, 3.05) is 24.6 Å². The molecule has 0 aliphatic carbocycles. The van der Waals surface area contributed by atoms with Crippen molar-refractivity contribution in [1.82, 2.24) is 9.80 Å². The van der Waals surface area contributed by atoms with Gasteiger partial charge in [-0.25, -0.2) is 9.59 Å². The number of nitrogens with zero attached hydrogens (tertiary/aromatic N) is 2. The zero-order valence-corrected chi connectivity index (χ0v) is 17.8. The third-order valence-corrected chi connectivity index (χ3v) is 7.96. The fraction of sp³-hybridized carbons (Fsp3) is 0.778. The van der Waals surface area contributed by atoms with Crippen molar-refractivity contribution in [3.05, 3.63) is 0 Å². The molecule has 0 aromatic heterocycles. The summed E-state index contributed by atoms with van der Waals surface area (Å²) in [5.41, 5.74) is 0. The molecule has 0 unspecified atom stereocenters. The summed E-state index contributed by atoms with van der Waals surface area (Å²) in [7, 11) is 2.98. The van der Waals surface area contributed by atoms with Gasteiger partial charge in [-0.1, -0.05) is 35.4 Å². The Morgan fingerprint density at radius 3 is 1.50 bits per heavy atom. The predicted molar refractivity (Wildman–Crippen MR) is 108 cm³/mol. The molecule has 2 N–H and O–H groups in total. The van der Waals surface area contributed by atoms with Crippen LogP contribution in [0.4, 0.5) is 0 Å². The van der Waals surface area contributed by atoms with E-state index in [-0.39, 0.29) is 23.7 Å². The molecule has 8 nitrogen and oxygen atoms in total. The summed E-state index contributed by atoms with van der Waals surface area (Å²) in [6.07, 6.45) is 2.43. The normalized spacial score (nSPS) is 24.2. The number of amides is 2. The summed E-state index contributed by atoms with van der Waals surface area (Å²) in [6, 6.07) is -1.43. The Morgan fingerprint density at radius 2 is 1.18 bits per heavy atom. The van der Waals surface area contributed by atoms with Gasteiger partial charge < -0.3 is 20.0 Å². The van der Waals surface area contributed by atoms with E-state index in [9.17, 15) is 29.4 Å². The van der Waals surface area contributed by atoms with Crippen LogP contribution in [0.5, 0.6) is 0 Å². The Balaban J connectivity index is 1.73. The molecule has 10 heteroatoms. The van der Waals surface area contributed by atoms with Gasteiger partial charge in [-0.3, -0.25) is 9.59 Å². The van der Waals surface area contributed by atoms with E-state index in [0.717, 1.165) is 0 Å². The first-order chi connectivity index (χ1) is 13.2. The van der Waals surface area contributed by atoms with E-state index in [4.69, 9.17) is 0 Å². The standard InChI is InChI=1S/C18H28N2O6S2/c1-11(15(21)19-7-3-5-13(19)17(23)24)9-27-28-10-12(2)16(22)20-8-4-6-14(20)18(25)26/h11-14H,3-10H2,1-2H3,(H,23,24)(H,25,26)/t11-,12-,13+,14+/m1/s1. The average Bonchev–Trinajstić information content (AvgIpc) is 3.32. The van der Waals surface area contributed by atoms with Crippen molar-refractivity contribution in [1.29, 1.82) is 0 Å². The molecule has 0 aromatic rings. The number of rotatable bonds is 9. The van der Waals surface area contributed by atoms with E-state index in [1.165, 1.54) is 31.4 Å². The Hall–Kier alpha value is -1.42. The summed E-state index contributed by atoms with van der Waals surface area (Å²) in [6.45, 7) is 4.57. The van der Waals surface area contributed by atoms with E-state index in [2.05, 4.69) is 0 Å². The highest BCUT2D eigenvalue weighted by Crippen LogP contribution is 2.30. The average molecular weight is 433 g/mol. The number of carbonyl (C=O) groups excluding carboxylic acids is 2. The van der Waals surface area contributed by atoms with Crippen LogP contribution in [0.25, 0.3) is 0 Å². The first kappa shape index (κ1) is 22.9. The van der Waals surface area contributed by atoms with Crippen molar-refractivity contribution in [3.8, 4) is 0 Å². The van der Waals surface area contributed by atoms with Gasteiger partial charge >= 0.3 is 11.9 Å². The smallest absolute Gasteiger partial charge is 0.326 e. The Labute approximate surface area is 172 Å². The number of hydrogen-bond donors (Lipinski definition) is 2. The first-order valence-electron chi connectivity index (χ1n) is 9.55. The number of carboxylic acids is 2. The van der Waals surface area contributed by atoms with Crippen molar-refractivity contribution in [2.45, 2.75) is 51.6 Å². The van der Waals surface area contributed by atoms with Gasteiger partial charge in [0.25, 0.3) is 0 Å². The number of likely N-dealkylation sites (tertiary alicyclic amines) is 2. The van der Waals surface area contributed by atoms with Crippen LogP contribution in [0.3, 0.4) is 0 Å². The van der Waals surface area contributed by atoms with E-state index < -0.39 is 24.0 Å². The van der Waals surface area contributed by atoms with Crippen LogP contribution in [-0.2, 0) is 19.2 Å². The van der Waals surface area contributed by atoms with Crippen LogP contribution < -0.4 is 0 Å². The molecule has 0 bridgehead atoms. The maximum absolute atomic E-state index is 12.5. The minimum atomic E-state index is -0.950. The van der Waals surface area contributed by atoms with E-state index in [0.29, 0.717) is 50.3 Å². The Bertz CT molecular complexity index is 565. The highest BCUT2D eigenvalue weighted by atomic mass is 33.1. The molecular formula is C18H28N2O6S2. The lowest BCUT2D eigenvalue weighted by Gasteiger charge is -2.25. The summed E-state index contributed by atoms with van der Waals surface area (Å²) in [5.74, 6) is -1.68. The molecule has 0 aromatic carbocycles. The lowest BCUT2D eigenvalue weighted by molar-refractivity contribution is -0.149. The molecule has 2 fully saturated rings. The summed E-state index contributed by atoms with van der Waals surface area (Å²) >= 11 is 0. The maximum Gasteiger partial charge on any atom is 0.326 e. The molecule has 4 atom stereocenters. The van der Waals surface area contributed by atoms with Crippen molar-refractivity contribution in [2.24, 2.45) is 11.8 Å². The Kier molecular flexibility index (Phi) is 8.48. The van der Waals surface area contributed by atoms with Crippen LogP contribution in [0.2, 0.25) is 0 Å². The predicted octanol–water partition coefficient (Wildman–Crippen LogP) is 1.79. The third-order valence-electron chi connectivity index (χ3n) is 5.20. The fourth-order valence-electron chi connectivity index (χ4n) is 3.58. The maximum atomic E-state index is 12.5. The second kappa shape index (κ2) is 10.4. The van der Waals surface area contributed by atoms with Crippen LogP contribution in [0.1, 0.15) is 39.5 Å². The second-order valence-corrected chi connectivity index (χ2v) is 9.98. The fourth-order valence-corrected chi connectivity index (χ4v) is 6.27. The molecule has 28 heavy (non-hydrogen) atoms. The van der Waals surface area contributed by atoms with E-state index in [1.807, 2.05) is 0 Å². The van der Waals surface area contributed by atoms with Gasteiger partial charge in [0.2, 0.25) is 11.8 Å². The van der Waals surface area contributed by atoms with Crippen molar-refractivity contribution < 1.29 is 29.4 Å². The summed E-state index contributed by atoms with van der Waals surface area (Å²) in [5, 5.41) is 18.4. The summed E-state index contributed by atoms with van der Waals surface area (Å²) < 4.78 is 0. The molecule has 2 heterocycles. The van der Waals surface area contributed by atoms with Gasteiger partial charge in [-0.15, -0.1) is 0 Å². The molecule has 0 saturated carbocycles. The topological polar surface area (TPSA) is 115 Å². The van der Waals surface area contributed by atoms with Gasteiger partial charge in [-0.2, -0.15) is 0 Å². The molecule has 2 aliphatic heterocycles. The van der Waals surface area contributed by atoms with Gasteiger partial charge in [0.05, 0.1) is 0 Å². The van der Waals surface area contributed by atoms with Gasteiger partial charge in [-0.05, 0) is 25.7 Å². The molecule has 0 radical (unpaired) electrons. The highest BCUT2D eigenvalue weighted by Gasteiger charge is 2.37. The van der Waals surface area contributed by atoms with Crippen molar-refractivity contribution in [3.63, 3.8) is 0 Å². The van der Waals surface area contributed by atoms with Crippen molar-refractivity contribution >= 4 is 45.3 Å². The highest BCUT2D eigenvalue weighted by molar-refractivity contribution is 8.76. The largest absolute Gasteiger partial charge is 0.480 e. The van der Waals surface area contributed by atoms with Crippen LogP contribution in [0, 0.1) is 11.8 Å². The molecule has 2 amide bonds. The lowest BCUT2D eigenvalue weighted by Crippen LogP contribution is -2.43. The molecular weight excluding hydrogens is 404 g/mol. The first-order valence-corrected chi connectivity index (χ1v) is 12.0. The van der Waals surface area contributed by atoms with Gasteiger partial charge in [0.1, 0.15) is 12.1 Å². The Morgan fingerprint density at radius 1 is 0.821 bits per heavy atom. The summed E-state index contributed by atoms with van der Waals surface area (Å²) in [4.78, 5) is 50.4. The monoisotopic (exact) mass is 432 g/mol. The number of carboxylic acid groups (broad SMARTS) is 2. The number of carbonyl (C=O) groups is 4. The molecule has 0 spiro atoms. The number of hydrogen-bond acceptors (Lipinski definition) is 6. The quantitative estimate of drug-likeness (QED) is 0.419. The van der Waals surface area contributed by atoms with E-state index >= 15 is 0 Å². The molecule has 2 rings (SSSR count). The van der Waals surface area contributed by atoms with Gasteiger partial charge in [0, 0.05) is 36.4 Å². The van der Waals surface area contributed by atoms with Crippen LogP contribution >= 0.6 is 21.6 Å². The number of aliphatic carboxylic acids is 2. The van der Waals surface area contributed by atoms with Gasteiger partial charge in [0.15, 0.2) is 0 Å². The second-order valence-electron chi connectivity index (χ2n) is 7.43. The van der Waals surface area contributed by atoms with Crippen LogP contribution in [0.15, 0.2) is 0 Å². The molecule has 2 aliphatic rings. The molecule has 2 saturated heterocycles.